The van der Waals surface area contributed by atoms with E-state index in [0.717, 1.165) is 38.3 Å². The molecule has 1 fully saturated rings. The first-order valence-electron chi connectivity index (χ1n) is 8.91. The Morgan fingerprint density at radius 2 is 1.65 bits per heavy atom. The molecule has 0 unspecified atom stereocenters. The number of carbonyl (C=O) groups excluding carboxylic acids is 1. The van der Waals surface area contributed by atoms with Crippen LogP contribution >= 0.6 is 0 Å². The summed E-state index contributed by atoms with van der Waals surface area (Å²) in [6.45, 7) is 5.70. The number of hydrogen-bond donors (Lipinski definition) is 0. The van der Waals surface area contributed by atoms with Crippen molar-refractivity contribution in [1.29, 1.82) is 0 Å². The summed E-state index contributed by atoms with van der Waals surface area (Å²) in [5.74, 6) is 1.21. The molecule has 0 bridgehead atoms. The number of rotatable bonds is 8. The summed E-state index contributed by atoms with van der Waals surface area (Å²) in [6.07, 6.45) is 6.74. The maximum atomic E-state index is 12.2. The Kier molecular flexibility index (Phi) is 7.24. The standard InChI is InChI=1S/C19H30N2O2/c1-3-4-5-6-7-8-19(22)21-15-13-20(14-16-21)17-9-11-18(23-2)12-10-17/h9-12H,3-8,13-16H2,1-2H3. The van der Waals surface area contributed by atoms with Crippen molar-refractivity contribution in [3.63, 3.8) is 0 Å². The summed E-state index contributed by atoms with van der Waals surface area (Å²) < 4.78 is 5.20. The minimum Gasteiger partial charge on any atom is -0.497 e. The minimum absolute atomic E-state index is 0.330. The van der Waals surface area contributed by atoms with Crippen molar-refractivity contribution in [2.45, 2.75) is 45.4 Å². The van der Waals surface area contributed by atoms with Gasteiger partial charge in [-0.3, -0.25) is 4.79 Å². The summed E-state index contributed by atoms with van der Waals surface area (Å²) in [7, 11) is 1.68. The first kappa shape index (κ1) is 17.6. The Morgan fingerprint density at radius 3 is 2.26 bits per heavy atom. The minimum atomic E-state index is 0.330. The van der Waals surface area contributed by atoms with Crippen molar-refractivity contribution in [3.05, 3.63) is 24.3 Å². The van der Waals surface area contributed by atoms with Crippen molar-refractivity contribution < 1.29 is 9.53 Å². The molecule has 128 valence electrons. The van der Waals surface area contributed by atoms with Gasteiger partial charge >= 0.3 is 0 Å². The Labute approximate surface area is 140 Å². The highest BCUT2D eigenvalue weighted by Gasteiger charge is 2.20. The number of amides is 1. The first-order chi connectivity index (χ1) is 11.2. The number of anilines is 1. The van der Waals surface area contributed by atoms with Crippen molar-refractivity contribution in [1.82, 2.24) is 4.90 Å². The second-order valence-electron chi connectivity index (χ2n) is 6.23. The average Bonchev–Trinajstić information content (AvgIpc) is 2.61. The summed E-state index contributed by atoms with van der Waals surface area (Å²) >= 11 is 0. The Bertz CT molecular complexity index is 465. The number of ether oxygens (including phenoxy) is 1. The van der Waals surface area contributed by atoms with E-state index in [4.69, 9.17) is 4.74 Å². The molecule has 0 atom stereocenters. The summed E-state index contributed by atoms with van der Waals surface area (Å²) in [6, 6.07) is 8.15. The number of unbranched alkanes of at least 4 members (excludes halogenated alkanes) is 4. The summed E-state index contributed by atoms with van der Waals surface area (Å²) in [5.41, 5.74) is 1.21. The van der Waals surface area contributed by atoms with E-state index < -0.39 is 0 Å². The third kappa shape index (κ3) is 5.45. The van der Waals surface area contributed by atoms with Crippen LogP contribution in [0.5, 0.6) is 5.75 Å². The summed E-state index contributed by atoms with van der Waals surface area (Å²) in [5, 5.41) is 0. The molecule has 0 aliphatic carbocycles. The van der Waals surface area contributed by atoms with E-state index in [0.29, 0.717) is 12.3 Å². The molecule has 1 aromatic carbocycles. The highest BCUT2D eigenvalue weighted by atomic mass is 16.5. The largest absolute Gasteiger partial charge is 0.497 e. The Balaban J connectivity index is 1.71. The van der Waals surface area contributed by atoms with E-state index in [1.54, 1.807) is 7.11 Å². The molecule has 1 heterocycles. The van der Waals surface area contributed by atoms with E-state index in [1.165, 1.54) is 31.4 Å². The molecule has 1 amide bonds. The number of hydrogen-bond acceptors (Lipinski definition) is 3. The zero-order valence-corrected chi connectivity index (χ0v) is 14.6. The lowest BCUT2D eigenvalue weighted by Crippen LogP contribution is -2.48. The fourth-order valence-electron chi connectivity index (χ4n) is 3.04. The van der Waals surface area contributed by atoms with Crippen molar-refractivity contribution >= 4 is 11.6 Å². The van der Waals surface area contributed by atoms with Crippen molar-refractivity contribution in [3.8, 4) is 5.75 Å². The second kappa shape index (κ2) is 9.43. The van der Waals surface area contributed by atoms with Crippen molar-refractivity contribution in [2.24, 2.45) is 0 Å². The number of methoxy groups -OCH3 is 1. The summed E-state index contributed by atoms with van der Waals surface area (Å²) in [4.78, 5) is 16.6. The Morgan fingerprint density at radius 1 is 1.00 bits per heavy atom. The number of piperazine rings is 1. The van der Waals surface area contributed by atoms with Crippen LogP contribution in [0.2, 0.25) is 0 Å². The van der Waals surface area contributed by atoms with E-state index in [2.05, 4.69) is 24.0 Å². The van der Waals surface area contributed by atoms with Crippen LogP contribution in [0.25, 0.3) is 0 Å². The lowest BCUT2D eigenvalue weighted by Gasteiger charge is -2.36. The van der Waals surface area contributed by atoms with Gasteiger partial charge in [-0.25, -0.2) is 0 Å². The average molecular weight is 318 g/mol. The van der Waals surface area contributed by atoms with E-state index in [9.17, 15) is 4.79 Å². The molecular weight excluding hydrogens is 288 g/mol. The molecule has 0 N–H and O–H groups in total. The normalized spacial score (nSPS) is 14.9. The van der Waals surface area contributed by atoms with Gasteiger partial charge in [0.15, 0.2) is 0 Å². The van der Waals surface area contributed by atoms with E-state index >= 15 is 0 Å². The van der Waals surface area contributed by atoms with Crippen LogP contribution in [0.1, 0.15) is 45.4 Å². The van der Waals surface area contributed by atoms with Gasteiger partial charge in [-0.05, 0) is 30.7 Å². The maximum Gasteiger partial charge on any atom is 0.222 e. The fourth-order valence-corrected chi connectivity index (χ4v) is 3.04. The predicted octanol–water partition coefficient (Wildman–Crippen LogP) is 3.70. The second-order valence-corrected chi connectivity index (χ2v) is 6.23. The zero-order chi connectivity index (χ0) is 16.5. The number of benzene rings is 1. The number of nitrogens with zero attached hydrogens (tertiary/aromatic N) is 2. The van der Waals surface area contributed by atoms with Crippen LogP contribution in [0.3, 0.4) is 0 Å². The molecule has 1 aromatic rings. The van der Waals surface area contributed by atoms with Crippen molar-refractivity contribution in [2.75, 3.05) is 38.2 Å². The number of carbonyl (C=O) groups is 1. The molecule has 0 aromatic heterocycles. The fraction of sp³-hybridized carbons (Fsp3) is 0.632. The zero-order valence-electron chi connectivity index (χ0n) is 14.6. The third-order valence-electron chi connectivity index (χ3n) is 4.56. The van der Waals surface area contributed by atoms with Gasteiger partial charge < -0.3 is 14.5 Å². The predicted molar refractivity (Wildman–Crippen MR) is 95.2 cm³/mol. The highest BCUT2D eigenvalue weighted by Crippen LogP contribution is 2.20. The molecule has 1 aliphatic rings. The topological polar surface area (TPSA) is 32.8 Å². The van der Waals surface area contributed by atoms with E-state index in [-0.39, 0.29) is 0 Å². The van der Waals surface area contributed by atoms with Gasteiger partial charge in [-0.2, -0.15) is 0 Å². The van der Waals surface area contributed by atoms with Gasteiger partial charge in [-0.15, -0.1) is 0 Å². The lowest BCUT2D eigenvalue weighted by atomic mass is 10.1. The molecular formula is C19H30N2O2. The van der Waals surface area contributed by atoms with Crippen LogP contribution in [0.4, 0.5) is 5.69 Å². The molecule has 0 radical (unpaired) electrons. The molecule has 4 nitrogen and oxygen atoms in total. The molecule has 1 saturated heterocycles. The SMILES string of the molecule is CCCCCCCC(=O)N1CCN(c2ccc(OC)cc2)CC1. The van der Waals surface area contributed by atoms with Crippen LogP contribution in [0, 0.1) is 0 Å². The molecule has 2 rings (SSSR count). The van der Waals surface area contributed by atoms with Gasteiger partial charge in [0.1, 0.15) is 5.75 Å². The first-order valence-corrected chi connectivity index (χ1v) is 8.91. The van der Waals surface area contributed by atoms with Crippen LogP contribution < -0.4 is 9.64 Å². The monoisotopic (exact) mass is 318 g/mol. The Hall–Kier alpha value is -1.71. The molecule has 23 heavy (non-hydrogen) atoms. The van der Waals surface area contributed by atoms with Gasteiger partial charge in [0.05, 0.1) is 7.11 Å². The van der Waals surface area contributed by atoms with Crippen LogP contribution in [-0.2, 0) is 4.79 Å². The lowest BCUT2D eigenvalue weighted by molar-refractivity contribution is -0.131. The highest BCUT2D eigenvalue weighted by molar-refractivity contribution is 5.76. The van der Waals surface area contributed by atoms with Crippen LogP contribution in [0.15, 0.2) is 24.3 Å². The molecule has 1 aliphatic heterocycles. The molecule has 4 heteroatoms. The van der Waals surface area contributed by atoms with Crippen LogP contribution in [-0.4, -0.2) is 44.1 Å². The van der Waals surface area contributed by atoms with Gasteiger partial charge in [0, 0.05) is 38.3 Å². The van der Waals surface area contributed by atoms with Gasteiger partial charge in [0.25, 0.3) is 0 Å². The molecule has 0 spiro atoms. The van der Waals surface area contributed by atoms with E-state index in [1.807, 2.05) is 17.0 Å². The molecule has 0 saturated carbocycles. The quantitative estimate of drug-likeness (QED) is 0.685. The van der Waals surface area contributed by atoms with Gasteiger partial charge in [-0.1, -0.05) is 32.6 Å². The smallest absolute Gasteiger partial charge is 0.222 e. The van der Waals surface area contributed by atoms with Gasteiger partial charge in [0.2, 0.25) is 5.91 Å². The maximum absolute atomic E-state index is 12.2. The third-order valence-corrected chi connectivity index (χ3v) is 4.56.